The molecule has 1 unspecified atom stereocenters. The molecule has 1 atom stereocenters. The van der Waals surface area contributed by atoms with Gasteiger partial charge in [-0.25, -0.2) is 4.68 Å². The molecule has 0 fully saturated rings. The average Bonchev–Trinajstić information content (AvgIpc) is 3.34. The lowest BCUT2D eigenvalue weighted by atomic mass is 9.83. The second kappa shape index (κ2) is 11.4. The number of aromatic nitrogens is 4. The lowest BCUT2D eigenvalue weighted by molar-refractivity contribution is -0.144. The fourth-order valence-corrected chi connectivity index (χ4v) is 4.25. The minimum absolute atomic E-state index is 0.0199. The van der Waals surface area contributed by atoms with Crippen molar-refractivity contribution in [3.8, 4) is 11.3 Å². The molecule has 36 heavy (non-hydrogen) atoms. The normalized spacial score (nSPS) is 12.4. The van der Waals surface area contributed by atoms with Crippen LogP contribution in [0.1, 0.15) is 47.2 Å². The molecule has 4 rings (SSSR count). The fourth-order valence-electron chi connectivity index (χ4n) is 4.25. The van der Waals surface area contributed by atoms with Gasteiger partial charge in [0.15, 0.2) is 0 Å². The molecule has 0 bridgehead atoms. The van der Waals surface area contributed by atoms with Crippen LogP contribution in [0.25, 0.3) is 11.3 Å². The van der Waals surface area contributed by atoms with Gasteiger partial charge in [0.05, 0.1) is 18.5 Å². The van der Waals surface area contributed by atoms with E-state index in [1.807, 2.05) is 43.3 Å². The molecule has 184 valence electrons. The van der Waals surface area contributed by atoms with Crippen LogP contribution in [0.3, 0.4) is 0 Å². The Hall–Kier alpha value is -4.33. The first-order valence-electron chi connectivity index (χ1n) is 11.8. The van der Waals surface area contributed by atoms with Gasteiger partial charge in [0, 0.05) is 35.4 Å². The summed E-state index contributed by atoms with van der Waals surface area (Å²) in [5.41, 5.74) is 7.27. The Kier molecular flexibility index (Phi) is 7.85. The van der Waals surface area contributed by atoms with E-state index in [0.29, 0.717) is 24.4 Å². The van der Waals surface area contributed by atoms with Crippen molar-refractivity contribution in [2.45, 2.75) is 39.7 Å². The molecule has 2 aromatic carbocycles. The molecular weight excluding hydrogens is 454 g/mol. The van der Waals surface area contributed by atoms with Crippen LogP contribution in [0, 0.1) is 13.8 Å². The maximum atomic E-state index is 11.7. The Morgan fingerprint density at radius 3 is 2.58 bits per heavy atom. The summed E-state index contributed by atoms with van der Waals surface area (Å²) >= 11 is 0. The van der Waals surface area contributed by atoms with Crippen LogP contribution in [0.4, 0.5) is 0 Å². The lowest BCUT2D eigenvalue weighted by Gasteiger charge is -2.21. The van der Waals surface area contributed by atoms with Gasteiger partial charge in [-0.05, 0) is 49.6 Å². The van der Waals surface area contributed by atoms with Gasteiger partial charge in [0.2, 0.25) is 0 Å². The third-order valence-corrected chi connectivity index (χ3v) is 6.06. The summed E-state index contributed by atoms with van der Waals surface area (Å²) < 4.78 is 6.45. The first-order valence-corrected chi connectivity index (χ1v) is 11.8. The summed E-state index contributed by atoms with van der Waals surface area (Å²) in [4.78, 5) is 16.0. The molecule has 0 amide bonds. The van der Waals surface area contributed by atoms with E-state index in [2.05, 4.69) is 51.6 Å². The molecule has 0 spiro atoms. The van der Waals surface area contributed by atoms with E-state index in [1.165, 1.54) is 4.68 Å². The summed E-state index contributed by atoms with van der Waals surface area (Å²) in [5.74, 6) is -0.379. The van der Waals surface area contributed by atoms with Crippen LogP contribution in [-0.2, 0) is 16.1 Å². The molecule has 0 aliphatic heterocycles. The Bertz CT molecular complexity index is 1360. The minimum atomic E-state index is -0.351. The summed E-state index contributed by atoms with van der Waals surface area (Å²) in [5, 5.41) is 21.8. The van der Waals surface area contributed by atoms with Gasteiger partial charge in [-0.15, -0.1) is 5.10 Å². The second-order valence-electron chi connectivity index (χ2n) is 8.57. The Morgan fingerprint density at radius 1 is 1.11 bits per heavy atom. The molecular formula is C28H29N5O3. The van der Waals surface area contributed by atoms with Crippen molar-refractivity contribution < 1.29 is 14.7 Å². The van der Waals surface area contributed by atoms with Crippen LogP contribution in [0.2, 0.25) is 0 Å². The molecule has 0 saturated heterocycles. The molecule has 2 heterocycles. The van der Waals surface area contributed by atoms with Crippen molar-refractivity contribution >= 4 is 11.7 Å². The first-order chi connectivity index (χ1) is 17.5. The predicted octanol–water partition coefficient (Wildman–Crippen LogP) is 4.92. The van der Waals surface area contributed by atoms with E-state index < -0.39 is 0 Å². The highest BCUT2D eigenvalue weighted by Gasteiger charge is 2.21. The van der Waals surface area contributed by atoms with Crippen molar-refractivity contribution in [3.63, 3.8) is 0 Å². The number of nitrogens with zero attached hydrogens (tertiary/aromatic N) is 5. The smallest absolute Gasteiger partial charge is 0.327 e. The zero-order valence-corrected chi connectivity index (χ0v) is 20.6. The van der Waals surface area contributed by atoms with E-state index in [-0.39, 0.29) is 18.4 Å². The minimum Gasteiger partial charge on any atom is -0.465 e. The third kappa shape index (κ3) is 5.83. The number of ether oxygens (including phenoxy) is 1. The van der Waals surface area contributed by atoms with Gasteiger partial charge < -0.3 is 9.94 Å². The monoisotopic (exact) mass is 483 g/mol. The van der Waals surface area contributed by atoms with Gasteiger partial charge in [-0.1, -0.05) is 58.9 Å². The molecule has 2 aromatic heterocycles. The Labute approximate surface area is 210 Å². The van der Waals surface area contributed by atoms with E-state index in [4.69, 9.17) is 4.74 Å². The molecule has 0 radical (unpaired) electrons. The lowest BCUT2D eigenvalue weighted by Crippen LogP contribution is -2.13. The van der Waals surface area contributed by atoms with Crippen molar-refractivity contribution in [1.29, 1.82) is 0 Å². The topological polar surface area (TPSA) is 102 Å². The number of esters is 1. The van der Waals surface area contributed by atoms with E-state index in [0.717, 1.165) is 33.5 Å². The highest BCUT2D eigenvalue weighted by Crippen LogP contribution is 2.33. The van der Waals surface area contributed by atoms with Crippen LogP contribution in [0.5, 0.6) is 0 Å². The zero-order chi connectivity index (χ0) is 25.5. The quantitative estimate of drug-likeness (QED) is 0.157. The van der Waals surface area contributed by atoms with Gasteiger partial charge in [0.1, 0.15) is 12.2 Å². The number of carbonyl (C=O) groups is 1. The van der Waals surface area contributed by atoms with Gasteiger partial charge in [-0.2, -0.15) is 0 Å². The van der Waals surface area contributed by atoms with Crippen LogP contribution in [-0.4, -0.2) is 43.5 Å². The SMILES string of the molecule is CCOC(=O)Cn1cc(-c2ccc(C(C/C(=N/O)c3ccnc(C)c3)c3ccccc3C)cc2)nn1. The first kappa shape index (κ1) is 24.8. The van der Waals surface area contributed by atoms with Gasteiger partial charge >= 0.3 is 5.97 Å². The average molecular weight is 484 g/mol. The predicted molar refractivity (Wildman–Crippen MR) is 137 cm³/mol. The summed E-state index contributed by atoms with van der Waals surface area (Å²) in [6.45, 7) is 6.12. The second-order valence-corrected chi connectivity index (χ2v) is 8.57. The van der Waals surface area contributed by atoms with Crippen molar-refractivity contribution in [3.05, 3.63) is 101 Å². The van der Waals surface area contributed by atoms with Crippen LogP contribution in [0.15, 0.2) is 78.2 Å². The fraction of sp³-hybridized carbons (Fsp3) is 0.250. The van der Waals surface area contributed by atoms with Crippen molar-refractivity contribution in [2.24, 2.45) is 5.16 Å². The number of oxime groups is 1. The molecule has 4 aromatic rings. The largest absolute Gasteiger partial charge is 0.465 e. The van der Waals surface area contributed by atoms with Crippen LogP contribution >= 0.6 is 0 Å². The molecule has 8 nitrogen and oxygen atoms in total. The number of benzene rings is 2. The summed E-state index contributed by atoms with van der Waals surface area (Å²) in [7, 11) is 0. The summed E-state index contributed by atoms with van der Waals surface area (Å²) in [6, 6.07) is 20.1. The molecule has 0 aliphatic rings. The standard InChI is InChI=1S/C28H29N5O3/c1-4-36-28(34)18-33-17-27(30-32-33)22-11-9-21(10-12-22)25(24-8-6-5-7-19(24)2)16-26(31-35)23-13-14-29-20(3)15-23/h5-15,17,25,35H,4,16,18H2,1-3H3/b31-26-. The Morgan fingerprint density at radius 2 is 1.89 bits per heavy atom. The third-order valence-electron chi connectivity index (χ3n) is 6.06. The van der Waals surface area contributed by atoms with Gasteiger partial charge in [0.25, 0.3) is 0 Å². The molecule has 1 N–H and O–H groups in total. The number of carbonyl (C=O) groups excluding carboxylic acids is 1. The summed E-state index contributed by atoms with van der Waals surface area (Å²) in [6.07, 6.45) is 3.97. The number of aryl methyl sites for hydroxylation is 2. The highest BCUT2D eigenvalue weighted by atomic mass is 16.5. The number of hydrogen-bond donors (Lipinski definition) is 1. The molecule has 0 aliphatic carbocycles. The van der Waals surface area contributed by atoms with Gasteiger partial charge in [-0.3, -0.25) is 9.78 Å². The number of hydrogen-bond acceptors (Lipinski definition) is 7. The van der Waals surface area contributed by atoms with Crippen molar-refractivity contribution in [2.75, 3.05) is 6.61 Å². The number of rotatable bonds is 9. The van der Waals surface area contributed by atoms with E-state index >= 15 is 0 Å². The van der Waals surface area contributed by atoms with Crippen LogP contribution < -0.4 is 0 Å². The van der Waals surface area contributed by atoms with Crippen molar-refractivity contribution in [1.82, 2.24) is 20.0 Å². The van der Waals surface area contributed by atoms with E-state index in [9.17, 15) is 10.0 Å². The maximum absolute atomic E-state index is 11.7. The zero-order valence-electron chi connectivity index (χ0n) is 20.6. The maximum Gasteiger partial charge on any atom is 0.327 e. The molecule has 8 heteroatoms. The number of pyridine rings is 1. The molecule has 0 saturated carbocycles. The van der Waals surface area contributed by atoms with E-state index in [1.54, 1.807) is 19.3 Å². The Balaban J connectivity index is 1.63. The highest BCUT2D eigenvalue weighted by molar-refractivity contribution is 6.01.